The highest BCUT2D eigenvalue weighted by Gasteiger charge is 2.30. The van der Waals surface area contributed by atoms with Gasteiger partial charge in [-0.1, -0.05) is 0 Å². The summed E-state index contributed by atoms with van der Waals surface area (Å²) in [6, 6.07) is 9.37. The van der Waals surface area contributed by atoms with Crippen molar-refractivity contribution in [1.82, 2.24) is 5.43 Å². The highest BCUT2D eigenvalue weighted by molar-refractivity contribution is 5.96. The van der Waals surface area contributed by atoms with E-state index in [2.05, 4.69) is 5.43 Å². The second-order valence-corrected chi connectivity index (χ2v) is 5.78. The van der Waals surface area contributed by atoms with E-state index in [4.69, 9.17) is 9.47 Å². The highest BCUT2D eigenvalue weighted by Crippen LogP contribution is 2.29. The summed E-state index contributed by atoms with van der Waals surface area (Å²) in [5.74, 6) is -0.715. The first-order valence-electron chi connectivity index (χ1n) is 8.16. The van der Waals surface area contributed by atoms with Crippen LogP contribution in [-0.2, 0) is 15.7 Å². The minimum Gasteiger partial charge on any atom is -0.497 e. The van der Waals surface area contributed by atoms with Crippen LogP contribution in [0.5, 0.6) is 5.75 Å². The van der Waals surface area contributed by atoms with Crippen molar-refractivity contribution in [2.24, 2.45) is 0 Å². The van der Waals surface area contributed by atoms with Gasteiger partial charge in [0.1, 0.15) is 11.8 Å². The van der Waals surface area contributed by atoms with Gasteiger partial charge in [0.25, 0.3) is 5.91 Å². The van der Waals surface area contributed by atoms with Crippen LogP contribution in [0.2, 0.25) is 0 Å². The molecule has 0 aliphatic carbocycles. The zero-order chi connectivity index (χ0) is 20.9. The molecule has 0 aliphatic heterocycles. The lowest BCUT2D eigenvalue weighted by atomic mass is 10.1. The number of methoxy groups -OCH3 is 2. The summed E-state index contributed by atoms with van der Waals surface area (Å²) in [6.07, 6.45) is -4.50. The average molecular weight is 396 g/mol. The number of rotatable bonds is 6. The third-order valence-electron chi connectivity index (χ3n) is 3.98. The Labute approximate surface area is 159 Å². The normalized spacial score (nSPS) is 12.1. The molecule has 150 valence electrons. The van der Waals surface area contributed by atoms with Crippen LogP contribution in [-0.4, -0.2) is 32.1 Å². The molecule has 28 heavy (non-hydrogen) atoms. The average Bonchev–Trinajstić information content (AvgIpc) is 2.70. The minimum atomic E-state index is -4.50. The van der Waals surface area contributed by atoms with Crippen LogP contribution in [0.25, 0.3) is 0 Å². The third kappa shape index (κ3) is 4.93. The Balaban J connectivity index is 2.28. The van der Waals surface area contributed by atoms with Gasteiger partial charge >= 0.3 is 12.1 Å². The van der Waals surface area contributed by atoms with E-state index in [-0.39, 0.29) is 5.56 Å². The number of alkyl halides is 3. The predicted octanol–water partition coefficient (Wildman–Crippen LogP) is 3.43. The largest absolute Gasteiger partial charge is 0.497 e. The zero-order valence-electron chi connectivity index (χ0n) is 15.4. The number of hydrazine groups is 1. The second-order valence-electron chi connectivity index (χ2n) is 5.78. The lowest BCUT2D eigenvalue weighted by molar-refractivity contribution is -0.142. The van der Waals surface area contributed by atoms with Gasteiger partial charge in [-0.25, -0.2) is 4.79 Å². The molecule has 0 aromatic heterocycles. The van der Waals surface area contributed by atoms with Crippen LogP contribution in [0.4, 0.5) is 18.9 Å². The third-order valence-corrected chi connectivity index (χ3v) is 3.98. The van der Waals surface area contributed by atoms with Gasteiger partial charge in [-0.15, -0.1) is 0 Å². The second kappa shape index (κ2) is 8.64. The summed E-state index contributed by atoms with van der Waals surface area (Å²) in [7, 11) is 2.71. The molecule has 0 aliphatic rings. The van der Waals surface area contributed by atoms with Crippen molar-refractivity contribution in [3.05, 3.63) is 59.7 Å². The number of nitrogens with zero attached hydrogens (tertiary/aromatic N) is 1. The smallest absolute Gasteiger partial charge is 0.416 e. The molecule has 2 aromatic rings. The number of hydrogen-bond donors (Lipinski definition) is 1. The van der Waals surface area contributed by atoms with E-state index in [0.29, 0.717) is 11.4 Å². The molecule has 0 spiro atoms. The van der Waals surface area contributed by atoms with E-state index >= 15 is 0 Å². The molecule has 1 atom stereocenters. The number of ether oxygens (including phenoxy) is 2. The molecule has 0 bridgehead atoms. The SMILES string of the molecule is COC(=O)[C@@H](C)N(NC(=O)c1ccc(C(F)(F)F)cc1)c1ccc(OC)cc1. The van der Waals surface area contributed by atoms with Gasteiger partial charge in [0.05, 0.1) is 25.5 Å². The van der Waals surface area contributed by atoms with Gasteiger partial charge in [0, 0.05) is 5.56 Å². The van der Waals surface area contributed by atoms with Crippen LogP contribution < -0.4 is 15.2 Å². The summed E-state index contributed by atoms with van der Waals surface area (Å²) >= 11 is 0. The van der Waals surface area contributed by atoms with Crippen molar-refractivity contribution in [3.63, 3.8) is 0 Å². The summed E-state index contributed by atoms with van der Waals surface area (Å²) in [5, 5.41) is 1.27. The number of esters is 1. The van der Waals surface area contributed by atoms with E-state index < -0.39 is 29.7 Å². The molecule has 0 heterocycles. The molecule has 1 amide bonds. The number of anilines is 1. The van der Waals surface area contributed by atoms with E-state index in [1.165, 1.54) is 26.2 Å². The van der Waals surface area contributed by atoms with Crippen molar-refractivity contribution >= 4 is 17.6 Å². The molecule has 0 saturated carbocycles. The van der Waals surface area contributed by atoms with Crippen molar-refractivity contribution in [2.75, 3.05) is 19.2 Å². The predicted molar refractivity (Wildman–Crippen MR) is 95.9 cm³/mol. The molecule has 0 saturated heterocycles. The standard InChI is InChI=1S/C19H19F3N2O4/c1-12(18(26)28-3)24(15-8-10-16(27-2)11-9-15)23-17(25)13-4-6-14(7-5-13)19(20,21)22/h4-12H,1-3H3,(H,23,25)/t12-/m1/s1. The Kier molecular flexibility index (Phi) is 6.50. The van der Waals surface area contributed by atoms with E-state index in [0.717, 1.165) is 24.3 Å². The van der Waals surface area contributed by atoms with Gasteiger partial charge in [0.2, 0.25) is 0 Å². The number of benzene rings is 2. The first-order chi connectivity index (χ1) is 13.2. The van der Waals surface area contributed by atoms with Crippen LogP contribution in [0.15, 0.2) is 48.5 Å². The molecule has 9 heteroatoms. The molecule has 1 N–H and O–H groups in total. The maximum atomic E-state index is 12.7. The van der Waals surface area contributed by atoms with Crippen LogP contribution in [0, 0.1) is 0 Å². The van der Waals surface area contributed by atoms with Gasteiger partial charge in [-0.2, -0.15) is 13.2 Å². The molecular formula is C19H19F3N2O4. The summed E-state index contributed by atoms with van der Waals surface area (Å²) in [6.45, 7) is 1.52. The van der Waals surface area contributed by atoms with Crippen molar-refractivity contribution in [1.29, 1.82) is 0 Å². The van der Waals surface area contributed by atoms with Crippen LogP contribution >= 0.6 is 0 Å². The highest BCUT2D eigenvalue weighted by atomic mass is 19.4. The monoisotopic (exact) mass is 396 g/mol. The van der Waals surface area contributed by atoms with Gasteiger partial charge in [0.15, 0.2) is 0 Å². The fraction of sp³-hybridized carbons (Fsp3) is 0.263. The molecular weight excluding hydrogens is 377 g/mol. The Morgan fingerprint density at radius 3 is 2.04 bits per heavy atom. The Hall–Kier alpha value is -3.23. The van der Waals surface area contributed by atoms with Crippen molar-refractivity contribution in [2.45, 2.75) is 19.1 Å². The lowest BCUT2D eigenvalue weighted by Crippen LogP contribution is -2.51. The van der Waals surface area contributed by atoms with Gasteiger partial charge < -0.3 is 9.47 Å². The minimum absolute atomic E-state index is 0.00331. The quantitative estimate of drug-likeness (QED) is 0.599. The number of nitrogens with one attached hydrogen (secondary N) is 1. The van der Waals surface area contributed by atoms with E-state index in [9.17, 15) is 22.8 Å². The molecule has 2 aromatic carbocycles. The van der Waals surface area contributed by atoms with E-state index in [1.54, 1.807) is 24.3 Å². The maximum absolute atomic E-state index is 12.7. The van der Waals surface area contributed by atoms with Crippen LogP contribution in [0.1, 0.15) is 22.8 Å². The molecule has 6 nitrogen and oxygen atoms in total. The number of carbonyl (C=O) groups is 2. The maximum Gasteiger partial charge on any atom is 0.416 e. The fourth-order valence-corrected chi connectivity index (χ4v) is 2.39. The summed E-state index contributed by atoms with van der Waals surface area (Å²) < 4.78 is 47.8. The Morgan fingerprint density at radius 2 is 1.57 bits per heavy atom. The van der Waals surface area contributed by atoms with Crippen molar-refractivity contribution in [3.8, 4) is 5.75 Å². The van der Waals surface area contributed by atoms with Gasteiger partial charge in [-0.3, -0.25) is 15.2 Å². The summed E-state index contributed by atoms with van der Waals surface area (Å²) in [4.78, 5) is 24.5. The summed E-state index contributed by atoms with van der Waals surface area (Å²) in [5.41, 5.74) is 2.13. The molecule has 2 rings (SSSR count). The zero-order valence-corrected chi connectivity index (χ0v) is 15.4. The number of halogens is 3. The number of amides is 1. The number of carbonyl (C=O) groups excluding carboxylic acids is 2. The Bertz CT molecular complexity index is 821. The molecule has 0 unspecified atom stereocenters. The van der Waals surface area contributed by atoms with Gasteiger partial charge in [-0.05, 0) is 55.5 Å². The van der Waals surface area contributed by atoms with E-state index in [1.807, 2.05) is 0 Å². The molecule has 0 radical (unpaired) electrons. The fourth-order valence-electron chi connectivity index (χ4n) is 2.39. The first-order valence-corrected chi connectivity index (χ1v) is 8.16. The lowest BCUT2D eigenvalue weighted by Gasteiger charge is -2.29. The Morgan fingerprint density at radius 1 is 1.00 bits per heavy atom. The van der Waals surface area contributed by atoms with Crippen LogP contribution in [0.3, 0.4) is 0 Å². The van der Waals surface area contributed by atoms with Crippen molar-refractivity contribution < 1.29 is 32.2 Å². The number of hydrogen-bond acceptors (Lipinski definition) is 5. The molecule has 0 fully saturated rings. The first kappa shape index (κ1) is 21.1. The topological polar surface area (TPSA) is 67.9 Å².